The van der Waals surface area contributed by atoms with Crippen molar-refractivity contribution in [2.45, 2.75) is 104 Å². The van der Waals surface area contributed by atoms with Gasteiger partial charge in [0.2, 0.25) is 0 Å². The number of thiol groups is 1. The number of hydrogen-bond donors (Lipinski definition) is 1. The zero-order valence-corrected chi connectivity index (χ0v) is 25.5. The predicted molar refractivity (Wildman–Crippen MR) is 160 cm³/mol. The van der Waals surface area contributed by atoms with E-state index in [0.717, 1.165) is 10.6 Å². The Morgan fingerprint density at radius 2 is 1.33 bits per heavy atom. The quantitative estimate of drug-likeness (QED) is 0.182. The maximum Gasteiger partial charge on any atom is 0.0122 e. The summed E-state index contributed by atoms with van der Waals surface area (Å²) in [5.74, 6) is 4.00. The first-order valence-electron chi connectivity index (χ1n) is 12.5. The number of hydrogen-bond acceptors (Lipinski definition) is 4. The van der Waals surface area contributed by atoms with Crippen molar-refractivity contribution in [2.75, 3.05) is 17.3 Å². The van der Waals surface area contributed by atoms with Gasteiger partial charge in [-0.05, 0) is 101 Å². The predicted octanol–water partition coefficient (Wildman–Crippen LogP) is 10.5. The third-order valence-corrected chi connectivity index (χ3v) is 13.1. The van der Waals surface area contributed by atoms with Gasteiger partial charge in [0, 0.05) is 25.5 Å². The molecule has 2 aromatic carbocycles. The van der Waals surface area contributed by atoms with E-state index in [0.29, 0.717) is 5.92 Å². The van der Waals surface area contributed by atoms with Gasteiger partial charge in [0.25, 0.3) is 0 Å². The highest BCUT2D eigenvalue weighted by atomic mass is 32.2. The van der Waals surface area contributed by atoms with Gasteiger partial charge < -0.3 is 0 Å². The molecule has 0 spiro atoms. The van der Waals surface area contributed by atoms with Crippen LogP contribution in [0.2, 0.25) is 0 Å². The molecule has 2 unspecified atom stereocenters. The minimum atomic E-state index is -0.118. The largest absolute Gasteiger partial charge is 0.143 e. The van der Waals surface area contributed by atoms with Crippen molar-refractivity contribution in [2.24, 2.45) is 0 Å². The summed E-state index contributed by atoms with van der Waals surface area (Å²) in [7, 11) is -0.118. The van der Waals surface area contributed by atoms with E-state index in [9.17, 15) is 0 Å². The molecule has 3 rings (SSSR count). The molecule has 0 N–H and O–H groups in total. The Morgan fingerprint density at radius 3 is 1.88 bits per heavy atom. The van der Waals surface area contributed by atoms with Crippen molar-refractivity contribution in [3.8, 4) is 0 Å². The van der Waals surface area contributed by atoms with Gasteiger partial charge in [-0.1, -0.05) is 49.5 Å². The lowest BCUT2D eigenvalue weighted by Crippen LogP contribution is -2.13. The Labute approximate surface area is 222 Å². The molecule has 2 aromatic rings. The summed E-state index contributed by atoms with van der Waals surface area (Å²) in [5, 5.41) is 0. The van der Waals surface area contributed by atoms with Crippen molar-refractivity contribution < 1.29 is 0 Å². The third-order valence-electron chi connectivity index (χ3n) is 6.23. The molecule has 0 saturated carbocycles. The van der Waals surface area contributed by atoms with E-state index < -0.39 is 0 Å². The number of rotatable bonds is 10. The highest BCUT2D eigenvalue weighted by molar-refractivity contribution is 8.00. The smallest absolute Gasteiger partial charge is 0.0122 e. The number of benzene rings is 2. The summed E-state index contributed by atoms with van der Waals surface area (Å²) in [5.41, 5.74) is 7.11. The fraction of sp³-hybridized carbons (Fsp3) is 0.571. The van der Waals surface area contributed by atoms with Crippen LogP contribution in [0.1, 0.15) is 89.0 Å². The molecule has 0 aliphatic carbocycles. The lowest BCUT2D eigenvalue weighted by molar-refractivity contribution is 0.851. The molecule has 0 aromatic heterocycles. The molecule has 5 heteroatoms. The standard InChI is InChI=1S/C28H41PS4/c1-7-10-31-22-15-24-20(6)23-13-21(30)14-27(32-11-8-2)25(23)17-29(19(4)5)18-26(24)28(16-22)33-12-9-3/h13-16,19-20,30H,7-12,17-18H2,1-6H3. The molecular weight excluding hydrogens is 496 g/mol. The van der Waals surface area contributed by atoms with E-state index in [1.165, 1.54) is 64.2 Å². The molecule has 1 aliphatic rings. The van der Waals surface area contributed by atoms with Crippen molar-refractivity contribution in [1.29, 1.82) is 0 Å². The zero-order chi connectivity index (χ0) is 24.0. The molecular formula is C28H41PS4. The first-order valence-corrected chi connectivity index (χ1v) is 17.7. The van der Waals surface area contributed by atoms with Crippen LogP contribution in [-0.2, 0) is 12.3 Å². The van der Waals surface area contributed by atoms with Crippen LogP contribution in [-0.4, -0.2) is 22.9 Å². The average molecular weight is 537 g/mol. The SMILES string of the molecule is CCCSc1cc(SCCC)c2c(c1)C(C)c1cc(S)cc(SCCC)c1CP(C(C)C)C2. The summed E-state index contributed by atoms with van der Waals surface area (Å²) in [6, 6.07) is 9.78. The van der Waals surface area contributed by atoms with Crippen LogP contribution in [0.25, 0.3) is 0 Å². The van der Waals surface area contributed by atoms with Crippen molar-refractivity contribution in [1.82, 2.24) is 0 Å². The van der Waals surface area contributed by atoms with E-state index in [1.54, 1.807) is 21.6 Å². The lowest BCUT2D eigenvalue weighted by atomic mass is 9.87. The van der Waals surface area contributed by atoms with Gasteiger partial charge in [-0.25, -0.2) is 0 Å². The van der Waals surface area contributed by atoms with Gasteiger partial charge in [0.05, 0.1) is 0 Å². The van der Waals surface area contributed by atoms with Crippen LogP contribution >= 0.6 is 55.8 Å². The molecule has 0 nitrogen and oxygen atoms in total. The molecule has 182 valence electrons. The molecule has 0 radical (unpaired) electrons. The summed E-state index contributed by atoms with van der Waals surface area (Å²) in [6.07, 6.45) is 6.17. The molecule has 1 heterocycles. The van der Waals surface area contributed by atoms with E-state index >= 15 is 0 Å². The third kappa shape index (κ3) is 7.16. The van der Waals surface area contributed by atoms with Crippen LogP contribution in [0.15, 0.2) is 43.8 Å². The average Bonchev–Trinajstić information content (AvgIpc) is 2.79. The van der Waals surface area contributed by atoms with Crippen molar-refractivity contribution >= 4 is 55.8 Å². The fourth-order valence-electron chi connectivity index (χ4n) is 4.38. The first-order chi connectivity index (χ1) is 15.9. The molecule has 0 saturated heterocycles. The Morgan fingerprint density at radius 1 is 0.818 bits per heavy atom. The number of fused-ring (bicyclic) bond motifs is 2. The summed E-state index contributed by atoms with van der Waals surface area (Å²) in [4.78, 5) is 5.62. The minimum absolute atomic E-state index is 0.118. The maximum absolute atomic E-state index is 4.86. The highest BCUT2D eigenvalue weighted by Gasteiger charge is 2.29. The Hall–Kier alpha value is 0.270. The van der Waals surface area contributed by atoms with Gasteiger partial charge >= 0.3 is 0 Å². The van der Waals surface area contributed by atoms with E-state index in [-0.39, 0.29) is 7.92 Å². The van der Waals surface area contributed by atoms with E-state index in [4.69, 9.17) is 12.6 Å². The topological polar surface area (TPSA) is 0 Å². The first kappa shape index (κ1) is 27.9. The fourth-order valence-corrected chi connectivity index (χ4v) is 10.2. The lowest BCUT2D eigenvalue weighted by Gasteiger charge is -2.33. The van der Waals surface area contributed by atoms with Crippen LogP contribution in [0.4, 0.5) is 0 Å². The van der Waals surface area contributed by atoms with Crippen LogP contribution in [0.5, 0.6) is 0 Å². The van der Waals surface area contributed by atoms with E-state index in [1.807, 2.05) is 23.5 Å². The molecule has 0 fully saturated rings. The van der Waals surface area contributed by atoms with Crippen LogP contribution in [0.3, 0.4) is 0 Å². The van der Waals surface area contributed by atoms with Gasteiger partial charge in [-0.2, -0.15) is 0 Å². The normalized spacial score (nSPS) is 18.1. The monoisotopic (exact) mass is 536 g/mol. The molecule has 2 atom stereocenters. The summed E-state index contributed by atoms with van der Waals surface area (Å²) < 4.78 is 0. The maximum atomic E-state index is 4.86. The van der Waals surface area contributed by atoms with E-state index in [2.05, 4.69) is 77.6 Å². The highest BCUT2D eigenvalue weighted by Crippen LogP contribution is 2.55. The van der Waals surface area contributed by atoms with Gasteiger partial charge in [-0.3, -0.25) is 0 Å². The van der Waals surface area contributed by atoms with Crippen molar-refractivity contribution in [3.63, 3.8) is 0 Å². The molecule has 0 amide bonds. The van der Waals surface area contributed by atoms with Gasteiger partial charge in [0.15, 0.2) is 0 Å². The Bertz CT molecular complexity index is 925. The Kier molecular flexibility index (Phi) is 11.4. The second-order valence-electron chi connectivity index (χ2n) is 9.27. The second-order valence-corrected chi connectivity index (χ2v) is 16.1. The molecule has 1 aliphatic heterocycles. The molecule has 0 bridgehead atoms. The van der Waals surface area contributed by atoms with Crippen LogP contribution < -0.4 is 0 Å². The Balaban J connectivity index is 2.21. The summed E-state index contributed by atoms with van der Waals surface area (Å²) >= 11 is 11.0. The summed E-state index contributed by atoms with van der Waals surface area (Å²) in [6.45, 7) is 14.2. The van der Waals surface area contributed by atoms with Gasteiger partial charge in [-0.15, -0.1) is 47.9 Å². The van der Waals surface area contributed by atoms with Crippen LogP contribution in [0, 0.1) is 0 Å². The van der Waals surface area contributed by atoms with Gasteiger partial charge in [0.1, 0.15) is 0 Å². The molecule has 33 heavy (non-hydrogen) atoms. The number of thioether (sulfide) groups is 3. The van der Waals surface area contributed by atoms with Crippen molar-refractivity contribution in [3.05, 3.63) is 46.5 Å². The zero-order valence-electron chi connectivity index (χ0n) is 21.2. The minimum Gasteiger partial charge on any atom is -0.143 e. The second kappa shape index (κ2) is 13.5.